The van der Waals surface area contributed by atoms with Gasteiger partial charge in [-0.25, -0.2) is 0 Å². The molecule has 7 heteroatoms. The fourth-order valence-electron chi connectivity index (χ4n) is 1.98. The predicted molar refractivity (Wildman–Crippen MR) is 84.7 cm³/mol. The molecule has 1 fully saturated rings. The lowest BCUT2D eigenvalue weighted by molar-refractivity contribution is 0.0301. The maximum absolute atomic E-state index is 12.5. The largest absolute Gasteiger partial charge is 0.382 e. The molecule has 1 amide bonds. The molecule has 0 aromatic heterocycles. The number of amides is 1. The maximum atomic E-state index is 12.5. The van der Waals surface area contributed by atoms with Gasteiger partial charge in [-0.3, -0.25) is 4.79 Å². The van der Waals surface area contributed by atoms with Crippen LogP contribution in [0, 0.1) is 6.92 Å². The Kier molecular flexibility index (Phi) is 6.83. The molecule has 0 radical (unpaired) electrons. The third-order valence-corrected chi connectivity index (χ3v) is 3.39. The van der Waals surface area contributed by atoms with Crippen molar-refractivity contribution in [3.8, 4) is 5.75 Å². The van der Waals surface area contributed by atoms with Gasteiger partial charge in [0.15, 0.2) is 5.75 Å². The van der Waals surface area contributed by atoms with Crippen LogP contribution in [-0.4, -0.2) is 51.8 Å². The van der Waals surface area contributed by atoms with Gasteiger partial charge >= 0.3 is 10.1 Å². The van der Waals surface area contributed by atoms with E-state index < -0.39 is 10.1 Å². The SMILES string of the molecule is CC.Cc1ccc(OS(C)(=O)=O)c(C(=O)N2CCOCC2)c1. The Labute approximate surface area is 132 Å². The van der Waals surface area contributed by atoms with Crippen LogP contribution >= 0.6 is 0 Å². The highest BCUT2D eigenvalue weighted by atomic mass is 32.2. The zero-order valence-electron chi connectivity index (χ0n) is 13.5. The molecular weight excluding hydrogens is 306 g/mol. The summed E-state index contributed by atoms with van der Waals surface area (Å²) in [6, 6.07) is 4.85. The molecule has 0 bridgehead atoms. The van der Waals surface area contributed by atoms with E-state index in [1.807, 2.05) is 20.8 Å². The standard InChI is InChI=1S/C13H17NO5S.C2H6/c1-10-3-4-12(19-20(2,16)17)11(9-10)13(15)14-5-7-18-8-6-14;1-2/h3-4,9H,5-8H2,1-2H3;1-2H3. The molecule has 1 aliphatic heterocycles. The van der Waals surface area contributed by atoms with Crippen LogP contribution in [0.5, 0.6) is 5.75 Å². The molecule has 1 saturated heterocycles. The zero-order valence-corrected chi connectivity index (χ0v) is 14.3. The van der Waals surface area contributed by atoms with E-state index in [2.05, 4.69) is 0 Å². The van der Waals surface area contributed by atoms with Crippen molar-refractivity contribution in [1.82, 2.24) is 4.90 Å². The summed E-state index contributed by atoms with van der Waals surface area (Å²) in [4.78, 5) is 14.1. The monoisotopic (exact) mass is 329 g/mol. The van der Waals surface area contributed by atoms with E-state index in [0.717, 1.165) is 11.8 Å². The van der Waals surface area contributed by atoms with Crippen LogP contribution in [0.3, 0.4) is 0 Å². The van der Waals surface area contributed by atoms with Crippen LogP contribution in [0.4, 0.5) is 0 Å². The average molecular weight is 329 g/mol. The van der Waals surface area contributed by atoms with E-state index in [1.165, 1.54) is 6.07 Å². The van der Waals surface area contributed by atoms with Crippen LogP contribution in [0.25, 0.3) is 0 Å². The van der Waals surface area contributed by atoms with Crippen LogP contribution in [0.2, 0.25) is 0 Å². The van der Waals surface area contributed by atoms with Crippen molar-refractivity contribution in [1.29, 1.82) is 0 Å². The zero-order chi connectivity index (χ0) is 16.8. The Morgan fingerprint density at radius 1 is 1.23 bits per heavy atom. The van der Waals surface area contributed by atoms with Crippen molar-refractivity contribution in [3.63, 3.8) is 0 Å². The molecule has 0 N–H and O–H groups in total. The number of benzene rings is 1. The minimum absolute atomic E-state index is 0.0644. The van der Waals surface area contributed by atoms with Gasteiger partial charge in [-0.05, 0) is 19.1 Å². The highest BCUT2D eigenvalue weighted by molar-refractivity contribution is 7.86. The number of carbonyl (C=O) groups excluding carboxylic acids is 1. The Morgan fingerprint density at radius 3 is 2.36 bits per heavy atom. The quantitative estimate of drug-likeness (QED) is 0.791. The molecule has 0 aliphatic carbocycles. The molecule has 1 aromatic carbocycles. The Hall–Kier alpha value is -1.60. The van der Waals surface area contributed by atoms with E-state index in [-0.39, 0.29) is 17.2 Å². The number of rotatable bonds is 3. The second-order valence-electron chi connectivity index (χ2n) is 4.69. The molecule has 1 aromatic rings. The third kappa shape index (κ3) is 5.31. The first-order valence-corrected chi connectivity index (χ1v) is 9.05. The summed E-state index contributed by atoms with van der Waals surface area (Å²) in [6.45, 7) is 7.79. The minimum atomic E-state index is -3.67. The summed E-state index contributed by atoms with van der Waals surface area (Å²) in [5.74, 6) is -0.176. The molecule has 0 unspecified atom stereocenters. The Morgan fingerprint density at radius 2 is 1.82 bits per heavy atom. The molecule has 1 aliphatic rings. The van der Waals surface area contributed by atoms with E-state index in [1.54, 1.807) is 17.0 Å². The molecule has 2 rings (SSSR count). The lowest BCUT2D eigenvalue weighted by Gasteiger charge is -2.27. The lowest BCUT2D eigenvalue weighted by Crippen LogP contribution is -2.40. The van der Waals surface area contributed by atoms with Gasteiger partial charge in [-0.2, -0.15) is 8.42 Å². The highest BCUT2D eigenvalue weighted by Crippen LogP contribution is 2.23. The fourth-order valence-corrected chi connectivity index (χ4v) is 2.45. The van der Waals surface area contributed by atoms with Gasteiger partial charge in [-0.1, -0.05) is 25.5 Å². The normalized spacial score (nSPS) is 14.8. The van der Waals surface area contributed by atoms with E-state index >= 15 is 0 Å². The molecule has 0 saturated carbocycles. The van der Waals surface area contributed by atoms with Gasteiger partial charge in [-0.15, -0.1) is 0 Å². The summed E-state index contributed by atoms with van der Waals surface area (Å²) in [6.07, 6.45) is 0.954. The molecule has 124 valence electrons. The number of morpholine rings is 1. The Balaban J connectivity index is 0.00000116. The molecule has 6 nitrogen and oxygen atoms in total. The number of nitrogens with zero attached hydrogens (tertiary/aromatic N) is 1. The van der Waals surface area contributed by atoms with Crippen molar-refractivity contribution in [2.75, 3.05) is 32.6 Å². The number of hydrogen-bond acceptors (Lipinski definition) is 5. The minimum Gasteiger partial charge on any atom is -0.382 e. The van der Waals surface area contributed by atoms with Crippen molar-refractivity contribution in [2.45, 2.75) is 20.8 Å². The maximum Gasteiger partial charge on any atom is 0.306 e. The summed E-state index contributed by atoms with van der Waals surface area (Å²) in [7, 11) is -3.67. The first-order chi connectivity index (χ1) is 10.4. The van der Waals surface area contributed by atoms with Crippen molar-refractivity contribution in [2.24, 2.45) is 0 Å². The number of ether oxygens (including phenoxy) is 1. The van der Waals surface area contributed by atoms with Crippen molar-refractivity contribution >= 4 is 16.0 Å². The summed E-state index contributed by atoms with van der Waals surface area (Å²) >= 11 is 0. The second kappa shape index (κ2) is 8.14. The van der Waals surface area contributed by atoms with E-state index in [0.29, 0.717) is 26.3 Å². The summed E-state index contributed by atoms with van der Waals surface area (Å²) in [5.41, 5.74) is 1.12. The number of aryl methyl sites for hydroxylation is 1. The predicted octanol–water partition coefficient (Wildman–Crippen LogP) is 1.83. The van der Waals surface area contributed by atoms with Crippen LogP contribution < -0.4 is 4.18 Å². The average Bonchev–Trinajstić information content (AvgIpc) is 2.50. The highest BCUT2D eigenvalue weighted by Gasteiger charge is 2.23. The van der Waals surface area contributed by atoms with Gasteiger partial charge in [0.05, 0.1) is 25.0 Å². The topological polar surface area (TPSA) is 72.9 Å². The number of hydrogen-bond donors (Lipinski definition) is 0. The van der Waals surface area contributed by atoms with Gasteiger partial charge < -0.3 is 13.8 Å². The second-order valence-corrected chi connectivity index (χ2v) is 6.27. The fraction of sp³-hybridized carbons (Fsp3) is 0.533. The molecular formula is C15H23NO5S. The summed E-state index contributed by atoms with van der Waals surface area (Å²) < 4.78 is 32.6. The molecule has 22 heavy (non-hydrogen) atoms. The molecule has 1 heterocycles. The molecule has 0 spiro atoms. The van der Waals surface area contributed by atoms with Gasteiger partial charge in [0.2, 0.25) is 0 Å². The smallest absolute Gasteiger partial charge is 0.306 e. The number of carbonyl (C=O) groups is 1. The third-order valence-electron chi connectivity index (χ3n) is 2.90. The van der Waals surface area contributed by atoms with Crippen LogP contribution in [-0.2, 0) is 14.9 Å². The van der Waals surface area contributed by atoms with Gasteiger partial charge in [0, 0.05) is 13.1 Å². The first-order valence-electron chi connectivity index (χ1n) is 7.24. The lowest BCUT2D eigenvalue weighted by atomic mass is 10.1. The molecule has 0 atom stereocenters. The first kappa shape index (κ1) is 18.4. The summed E-state index contributed by atoms with van der Waals surface area (Å²) in [5, 5.41) is 0. The van der Waals surface area contributed by atoms with E-state index in [9.17, 15) is 13.2 Å². The Bertz CT molecular complexity index is 606. The van der Waals surface area contributed by atoms with Crippen LogP contribution in [0.1, 0.15) is 29.8 Å². The van der Waals surface area contributed by atoms with Crippen molar-refractivity contribution in [3.05, 3.63) is 29.3 Å². The van der Waals surface area contributed by atoms with Gasteiger partial charge in [0.25, 0.3) is 5.91 Å². The van der Waals surface area contributed by atoms with Crippen molar-refractivity contribution < 1.29 is 22.1 Å². The van der Waals surface area contributed by atoms with Crippen LogP contribution in [0.15, 0.2) is 18.2 Å². The van der Waals surface area contributed by atoms with Gasteiger partial charge in [0.1, 0.15) is 0 Å². The van der Waals surface area contributed by atoms with E-state index in [4.69, 9.17) is 8.92 Å².